The van der Waals surface area contributed by atoms with E-state index < -0.39 is 0 Å². The number of nitrogens with zero attached hydrogens (tertiary/aromatic N) is 2. The molecule has 0 aliphatic rings. The molecule has 98 valence electrons. The van der Waals surface area contributed by atoms with Gasteiger partial charge in [0.15, 0.2) is 0 Å². The molecule has 18 heavy (non-hydrogen) atoms. The van der Waals surface area contributed by atoms with Crippen molar-refractivity contribution in [3.63, 3.8) is 0 Å². The predicted octanol–water partition coefficient (Wildman–Crippen LogP) is 3.53. The second-order valence-corrected chi connectivity index (χ2v) is 6.12. The third kappa shape index (κ3) is 2.94. The van der Waals surface area contributed by atoms with Crippen LogP contribution < -0.4 is 5.32 Å². The number of hydrogen-bond acceptors (Lipinski definition) is 3. The lowest BCUT2D eigenvalue weighted by Gasteiger charge is -2.16. The fourth-order valence-corrected chi connectivity index (χ4v) is 3.19. The van der Waals surface area contributed by atoms with Crippen molar-refractivity contribution in [1.82, 2.24) is 15.1 Å². The van der Waals surface area contributed by atoms with Crippen LogP contribution in [0.3, 0.4) is 0 Å². The maximum atomic E-state index is 6.04. The van der Waals surface area contributed by atoms with Crippen LogP contribution in [-0.2, 0) is 7.05 Å². The van der Waals surface area contributed by atoms with E-state index in [2.05, 4.69) is 29.6 Å². The summed E-state index contributed by atoms with van der Waals surface area (Å²) < 4.78 is 2.69. The summed E-state index contributed by atoms with van der Waals surface area (Å²) in [7, 11) is 1.95. The second kappa shape index (κ2) is 5.87. The summed E-state index contributed by atoms with van der Waals surface area (Å²) in [6, 6.07) is 4.23. The van der Waals surface area contributed by atoms with Gasteiger partial charge in [-0.05, 0) is 32.0 Å². The fraction of sp³-hybridized carbons (Fsp3) is 0.462. The van der Waals surface area contributed by atoms with E-state index >= 15 is 0 Å². The first-order valence-corrected chi connectivity index (χ1v) is 7.30. The van der Waals surface area contributed by atoms with Gasteiger partial charge in [-0.25, -0.2) is 0 Å². The lowest BCUT2D eigenvalue weighted by atomic mass is 10.1. The number of thiophene rings is 1. The Morgan fingerprint density at radius 1 is 1.50 bits per heavy atom. The van der Waals surface area contributed by atoms with E-state index in [0.717, 1.165) is 23.0 Å². The SMILES string of the molecule is CCCNC(c1ccc(Cl)s1)c1cn(C)nc1C. The quantitative estimate of drug-likeness (QED) is 0.910. The molecule has 0 saturated carbocycles. The second-order valence-electron chi connectivity index (χ2n) is 4.37. The van der Waals surface area contributed by atoms with Gasteiger partial charge in [0.25, 0.3) is 0 Å². The van der Waals surface area contributed by atoms with Crippen molar-refractivity contribution in [2.24, 2.45) is 7.05 Å². The van der Waals surface area contributed by atoms with Crippen LogP contribution in [0, 0.1) is 6.92 Å². The Kier molecular flexibility index (Phi) is 4.43. The molecule has 2 heterocycles. The molecule has 3 nitrogen and oxygen atoms in total. The van der Waals surface area contributed by atoms with E-state index in [0.29, 0.717) is 0 Å². The van der Waals surface area contributed by atoms with Crippen LogP contribution in [0.2, 0.25) is 4.34 Å². The average molecular weight is 284 g/mol. The molecule has 0 bridgehead atoms. The first kappa shape index (κ1) is 13.6. The topological polar surface area (TPSA) is 29.9 Å². The molecule has 0 aliphatic carbocycles. The minimum atomic E-state index is 0.191. The molecule has 0 saturated heterocycles. The van der Waals surface area contributed by atoms with Crippen molar-refractivity contribution in [3.8, 4) is 0 Å². The zero-order valence-electron chi connectivity index (χ0n) is 10.9. The number of hydrogen-bond donors (Lipinski definition) is 1. The highest BCUT2D eigenvalue weighted by Crippen LogP contribution is 2.32. The number of halogens is 1. The molecule has 5 heteroatoms. The van der Waals surface area contributed by atoms with Crippen LogP contribution in [0.5, 0.6) is 0 Å². The van der Waals surface area contributed by atoms with Gasteiger partial charge in [0, 0.05) is 23.7 Å². The molecular formula is C13H18ClN3S. The number of aromatic nitrogens is 2. The zero-order chi connectivity index (χ0) is 13.1. The molecular weight excluding hydrogens is 266 g/mol. The monoisotopic (exact) mass is 283 g/mol. The van der Waals surface area contributed by atoms with Crippen molar-refractivity contribution in [2.75, 3.05) is 6.54 Å². The molecule has 0 aromatic carbocycles. The summed E-state index contributed by atoms with van der Waals surface area (Å²) in [5, 5.41) is 7.99. The Morgan fingerprint density at radius 3 is 2.78 bits per heavy atom. The van der Waals surface area contributed by atoms with Crippen LogP contribution >= 0.6 is 22.9 Å². The fourth-order valence-electron chi connectivity index (χ4n) is 2.04. The lowest BCUT2D eigenvalue weighted by Crippen LogP contribution is -2.22. The van der Waals surface area contributed by atoms with Crippen molar-refractivity contribution in [2.45, 2.75) is 26.3 Å². The molecule has 1 N–H and O–H groups in total. The molecule has 0 fully saturated rings. The highest BCUT2D eigenvalue weighted by atomic mass is 35.5. The lowest BCUT2D eigenvalue weighted by molar-refractivity contribution is 0.603. The Morgan fingerprint density at radius 2 is 2.28 bits per heavy atom. The molecule has 1 unspecified atom stereocenters. The number of rotatable bonds is 5. The summed E-state index contributed by atoms with van der Waals surface area (Å²) in [5.41, 5.74) is 2.29. The van der Waals surface area contributed by atoms with Crippen molar-refractivity contribution in [1.29, 1.82) is 0 Å². The maximum Gasteiger partial charge on any atom is 0.0931 e. The minimum Gasteiger partial charge on any atom is -0.305 e. The van der Waals surface area contributed by atoms with Crippen LogP contribution in [-0.4, -0.2) is 16.3 Å². The maximum absolute atomic E-state index is 6.04. The molecule has 0 amide bonds. The van der Waals surface area contributed by atoms with Crippen molar-refractivity contribution < 1.29 is 0 Å². The van der Waals surface area contributed by atoms with Crippen LogP contribution in [0.25, 0.3) is 0 Å². The van der Waals surface area contributed by atoms with Crippen LogP contribution in [0.15, 0.2) is 18.3 Å². The molecule has 2 aromatic heterocycles. The van der Waals surface area contributed by atoms with Crippen LogP contribution in [0.4, 0.5) is 0 Å². The van der Waals surface area contributed by atoms with Gasteiger partial charge in [-0.2, -0.15) is 5.10 Å². The van der Waals surface area contributed by atoms with Gasteiger partial charge in [0.2, 0.25) is 0 Å². The van der Waals surface area contributed by atoms with E-state index in [1.807, 2.05) is 24.7 Å². The number of aryl methyl sites for hydroxylation is 2. The third-order valence-corrected chi connectivity index (χ3v) is 4.14. The largest absolute Gasteiger partial charge is 0.305 e. The Hall–Kier alpha value is -0.840. The van der Waals surface area contributed by atoms with Gasteiger partial charge >= 0.3 is 0 Å². The zero-order valence-corrected chi connectivity index (χ0v) is 12.5. The van der Waals surface area contributed by atoms with E-state index in [4.69, 9.17) is 11.6 Å². The minimum absolute atomic E-state index is 0.191. The average Bonchev–Trinajstić information content (AvgIpc) is 2.87. The molecule has 0 radical (unpaired) electrons. The Balaban J connectivity index is 2.33. The van der Waals surface area contributed by atoms with Crippen molar-refractivity contribution >= 4 is 22.9 Å². The highest BCUT2D eigenvalue weighted by Gasteiger charge is 2.19. The molecule has 1 atom stereocenters. The van der Waals surface area contributed by atoms with E-state index in [9.17, 15) is 0 Å². The van der Waals surface area contributed by atoms with E-state index in [1.165, 1.54) is 10.4 Å². The third-order valence-electron chi connectivity index (χ3n) is 2.84. The summed E-state index contributed by atoms with van der Waals surface area (Å²) in [6.45, 7) is 5.20. The summed E-state index contributed by atoms with van der Waals surface area (Å²) >= 11 is 7.67. The summed E-state index contributed by atoms with van der Waals surface area (Å²) in [4.78, 5) is 1.24. The first-order valence-electron chi connectivity index (χ1n) is 6.10. The normalized spacial score (nSPS) is 12.9. The van der Waals surface area contributed by atoms with Gasteiger partial charge in [-0.3, -0.25) is 4.68 Å². The molecule has 0 spiro atoms. The van der Waals surface area contributed by atoms with Gasteiger partial charge in [0.1, 0.15) is 0 Å². The summed E-state index contributed by atoms with van der Waals surface area (Å²) in [6.07, 6.45) is 3.19. The predicted molar refractivity (Wildman–Crippen MR) is 77.4 cm³/mol. The van der Waals surface area contributed by atoms with Gasteiger partial charge in [-0.1, -0.05) is 18.5 Å². The van der Waals surface area contributed by atoms with E-state index in [-0.39, 0.29) is 6.04 Å². The standard InChI is InChI=1S/C13H18ClN3S/c1-4-7-15-13(11-5-6-12(14)18-11)10-8-17(3)16-9(10)2/h5-6,8,13,15H,4,7H2,1-3H3. The van der Waals surface area contributed by atoms with Gasteiger partial charge in [-0.15, -0.1) is 11.3 Å². The van der Waals surface area contributed by atoms with Gasteiger partial charge < -0.3 is 5.32 Å². The smallest absolute Gasteiger partial charge is 0.0931 e. The number of nitrogens with one attached hydrogen (secondary N) is 1. The molecule has 2 aromatic rings. The molecule has 0 aliphatic heterocycles. The van der Waals surface area contributed by atoms with Crippen LogP contribution in [0.1, 0.15) is 35.5 Å². The van der Waals surface area contributed by atoms with Gasteiger partial charge in [0.05, 0.1) is 16.1 Å². The summed E-state index contributed by atoms with van der Waals surface area (Å²) in [5.74, 6) is 0. The molecule has 2 rings (SSSR count). The Bertz CT molecular complexity index is 518. The van der Waals surface area contributed by atoms with Crippen molar-refractivity contribution in [3.05, 3.63) is 38.8 Å². The van der Waals surface area contributed by atoms with E-state index in [1.54, 1.807) is 11.3 Å². The first-order chi connectivity index (χ1) is 8.61. The Labute approximate surface area is 117 Å². The highest BCUT2D eigenvalue weighted by molar-refractivity contribution is 7.16.